The molecule has 21 heavy (non-hydrogen) atoms. The molecule has 1 heterocycles. The Morgan fingerprint density at radius 2 is 2.14 bits per heavy atom. The zero-order valence-electron chi connectivity index (χ0n) is 12.2. The Bertz CT molecular complexity index is 557. The smallest absolute Gasteiger partial charge is 0.0413 e. The fourth-order valence-corrected chi connectivity index (χ4v) is 2.73. The van der Waals surface area contributed by atoms with Crippen molar-refractivity contribution < 1.29 is 0 Å². The summed E-state index contributed by atoms with van der Waals surface area (Å²) in [4.78, 5) is 4.49. The first-order valence-corrected chi connectivity index (χ1v) is 8.42. The van der Waals surface area contributed by atoms with Gasteiger partial charge in [0.15, 0.2) is 0 Å². The first-order chi connectivity index (χ1) is 10.2. The van der Waals surface area contributed by atoms with Crippen LogP contribution in [0.2, 0.25) is 5.02 Å². The predicted octanol–water partition coefficient (Wildman–Crippen LogP) is 4.82. The van der Waals surface area contributed by atoms with Crippen LogP contribution < -0.4 is 5.32 Å². The van der Waals surface area contributed by atoms with Crippen molar-refractivity contribution in [3.05, 3.63) is 63.3 Å². The Morgan fingerprint density at radius 1 is 1.29 bits per heavy atom. The molecule has 0 fully saturated rings. The molecule has 0 saturated carbocycles. The van der Waals surface area contributed by atoms with Gasteiger partial charge < -0.3 is 5.32 Å². The summed E-state index contributed by atoms with van der Waals surface area (Å²) in [5.74, 6) is 0.379. The van der Waals surface area contributed by atoms with Gasteiger partial charge >= 0.3 is 0 Å². The zero-order valence-corrected chi connectivity index (χ0v) is 14.5. The Kier molecular flexibility index (Phi) is 6.68. The van der Waals surface area contributed by atoms with E-state index in [1.54, 1.807) is 0 Å². The first kappa shape index (κ1) is 16.5. The molecular weight excluding hydrogens is 348 g/mol. The second kappa shape index (κ2) is 8.52. The minimum atomic E-state index is 0.379. The van der Waals surface area contributed by atoms with E-state index in [0.29, 0.717) is 5.92 Å². The van der Waals surface area contributed by atoms with Gasteiger partial charge in [0.05, 0.1) is 0 Å². The molecule has 2 aromatic rings. The van der Waals surface area contributed by atoms with Gasteiger partial charge in [-0.3, -0.25) is 4.98 Å². The van der Waals surface area contributed by atoms with E-state index < -0.39 is 0 Å². The Hall–Kier alpha value is -0.900. The minimum Gasteiger partial charge on any atom is -0.316 e. The highest BCUT2D eigenvalue weighted by molar-refractivity contribution is 9.10. The van der Waals surface area contributed by atoms with Crippen LogP contribution in [0.25, 0.3) is 0 Å². The fourth-order valence-electron chi connectivity index (χ4n) is 2.30. The lowest BCUT2D eigenvalue weighted by atomic mass is 9.94. The van der Waals surface area contributed by atoms with Crippen molar-refractivity contribution in [2.24, 2.45) is 0 Å². The number of pyridine rings is 1. The minimum absolute atomic E-state index is 0.379. The highest BCUT2D eigenvalue weighted by atomic mass is 79.9. The monoisotopic (exact) mass is 366 g/mol. The van der Waals surface area contributed by atoms with Crippen molar-refractivity contribution >= 4 is 27.5 Å². The third-order valence-corrected chi connectivity index (χ3v) is 4.09. The Balaban J connectivity index is 2.13. The third-order valence-electron chi connectivity index (χ3n) is 3.38. The van der Waals surface area contributed by atoms with Crippen LogP contribution in [0.3, 0.4) is 0 Å². The van der Waals surface area contributed by atoms with Gasteiger partial charge in [-0.1, -0.05) is 30.7 Å². The second-order valence-corrected chi connectivity index (χ2v) is 6.48. The normalized spacial score (nSPS) is 12.3. The van der Waals surface area contributed by atoms with Crippen molar-refractivity contribution in [2.45, 2.75) is 25.7 Å². The maximum Gasteiger partial charge on any atom is 0.0413 e. The number of rotatable bonds is 7. The van der Waals surface area contributed by atoms with Gasteiger partial charge in [0.2, 0.25) is 0 Å². The van der Waals surface area contributed by atoms with Crippen LogP contribution >= 0.6 is 27.5 Å². The molecule has 0 radical (unpaired) electrons. The summed E-state index contributed by atoms with van der Waals surface area (Å²) in [6.45, 7) is 4.15. The topological polar surface area (TPSA) is 24.9 Å². The van der Waals surface area contributed by atoms with Crippen LogP contribution in [0, 0.1) is 0 Å². The standard InChI is InChI=1S/C17H20BrClN2/c1-2-8-20-11-14(13-4-3-5-16(19)9-13)10-17-7-6-15(18)12-21-17/h3-7,9,12,14,20H,2,8,10-11H2,1H3. The summed E-state index contributed by atoms with van der Waals surface area (Å²) in [5.41, 5.74) is 2.36. The van der Waals surface area contributed by atoms with Crippen LogP contribution in [0.4, 0.5) is 0 Å². The number of nitrogens with one attached hydrogen (secondary N) is 1. The summed E-state index contributed by atoms with van der Waals surface area (Å²) < 4.78 is 1.01. The molecule has 0 bridgehead atoms. The highest BCUT2D eigenvalue weighted by Gasteiger charge is 2.13. The molecule has 4 heteroatoms. The number of aromatic nitrogens is 1. The molecule has 2 nitrogen and oxygen atoms in total. The number of hydrogen-bond acceptors (Lipinski definition) is 2. The molecule has 0 aliphatic rings. The SMILES string of the molecule is CCCNCC(Cc1ccc(Br)cn1)c1cccc(Cl)c1. The van der Waals surface area contributed by atoms with Crippen LogP contribution in [0.5, 0.6) is 0 Å². The molecule has 0 spiro atoms. The lowest BCUT2D eigenvalue weighted by Crippen LogP contribution is -2.24. The molecule has 0 aliphatic carbocycles. The van der Waals surface area contributed by atoms with Gasteiger partial charge in [-0.2, -0.15) is 0 Å². The van der Waals surface area contributed by atoms with Crippen LogP contribution in [0.15, 0.2) is 47.1 Å². The van der Waals surface area contributed by atoms with E-state index in [1.165, 1.54) is 5.56 Å². The van der Waals surface area contributed by atoms with Gasteiger partial charge in [0.25, 0.3) is 0 Å². The largest absolute Gasteiger partial charge is 0.316 e. The summed E-state index contributed by atoms with van der Waals surface area (Å²) in [7, 11) is 0. The first-order valence-electron chi connectivity index (χ1n) is 7.25. The number of halogens is 2. The van der Waals surface area contributed by atoms with Gasteiger partial charge in [-0.25, -0.2) is 0 Å². The molecule has 0 aliphatic heterocycles. The molecular formula is C17H20BrClN2. The third kappa shape index (κ3) is 5.42. The van der Waals surface area contributed by atoms with Crippen molar-refractivity contribution in [3.63, 3.8) is 0 Å². The lowest BCUT2D eigenvalue weighted by molar-refractivity contribution is 0.572. The van der Waals surface area contributed by atoms with Gasteiger partial charge in [-0.05, 0) is 65.1 Å². The van der Waals surface area contributed by atoms with Crippen molar-refractivity contribution in [1.82, 2.24) is 10.3 Å². The van der Waals surface area contributed by atoms with E-state index in [2.05, 4.69) is 51.4 Å². The maximum atomic E-state index is 6.13. The maximum absolute atomic E-state index is 6.13. The molecule has 1 N–H and O–H groups in total. The summed E-state index contributed by atoms with van der Waals surface area (Å²) in [6.07, 6.45) is 3.90. The van der Waals surface area contributed by atoms with E-state index in [0.717, 1.165) is 41.1 Å². The fraction of sp³-hybridized carbons (Fsp3) is 0.353. The Morgan fingerprint density at radius 3 is 2.81 bits per heavy atom. The number of benzene rings is 1. The highest BCUT2D eigenvalue weighted by Crippen LogP contribution is 2.23. The van der Waals surface area contributed by atoms with Gasteiger partial charge in [0, 0.05) is 33.8 Å². The molecule has 1 atom stereocenters. The van der Waals surface area contributed by atoms with E-state index in [4.69, 9.17) is 11.6 Å². The summed E-state index contributed by atoms with van der Waals surface area (Å²) >= 11 is 9.56. The zero-order chi connectivity index (χ0) is 15.1. The number of nitrogens with zero attached hydrogens (tertiary/aromatic N) is 1. The quantitative estimate of drug-likeness (QED) is 0.709. The average Bonchev–Trinajstić information content (AvgIpc) is 2.48. The van der Waals surface area contributed by atoms with Crippen LogP contribution in [-0.2, 0) is 6.42 Å². The number of hydrogen-bond donors (Lipinski definition) is 1. The van der Waals surface area contributed by atoms with Gasteiger partial charge in [-0.15, -0.1) is 0 Å². The van der Waals surface area contributed by atoms with E-state index in [1.807, 2.05) is 24.4 Å². The molecule has 1 aromatic heterocycles. The predicted molar refractivity (Wildman–Crippen MR) is 93.0 cm³/mol. The summed E-state index contributed by atoms with van der Waals surface area (Å²) in [6, 6.07) is 12.2. The Labute approximate surface area is 140 Å². The lowest BCUT2D eigenvalue weighted by Gasteiger charge is -2.18. The second-order valence-electron chi connectivity index (χ2n) is 5.13. The van der Waals surface area contributed by atoms with Gasteiger partial charge in [0.1, 0.15) is 0 Å². The summed E-state index contributed by atoms with van der Waals surface area (Å²) in [5, 5.41) is 4.29. The van der Waals surface area contributed by atoms with E-state index in [9.17, 15) is 0 Å². The average molecular weight is 368 g/mol. The molecule has 0 saturated heterocycles. The molecule has 1 aromatic carbocycles. The van der Waals surface area contributed by atoms with Crippen molar-refractivity contribution in [2.75, 3.05) is 13.1 Å². The molecule has 2 rings (SSSR count). The molecule has 1 unspecified atom stereocenters. The van der Waals surface area contributed by atoms with Crippen LogP contribution in [0.1, 0.15) is 30.5 Å². The van der Waals surface area contributed by atoms with Crippen molar-refractivity contribution in [3.8, 4) is 0 Å². The van der Waals surface area contributed by atoms with E-state index >= 15 is 0 Å². The van der Waals surface area contributed by atoms with Crippen LogP contribution in [-0.4, -0.2) is 18.1 Å². The molecule has 112 valence electrons. The van der Waals surface area contributed by atoms with Crippen molar-refractivity contribution in [1.29, 1.82) is 0 Å². The molecule has 0 amide bonds. The van der Waals surface area contributed by atoms with E-state index in [-0.39, 0.29) is 0 Å².